The number of hydrogen-bond donors (Lipinski definition) is 2. The number of aliphatic hydroxyl groups excluding tert-OH is 1. The number of anilines is 1. The topological polar surface area (TPSA) is 105 Å². The molecule has 0 spiro atoms. The highest BCUT2D eigenvalue weighted by molar-refractivity contribution is 8.09. The van der Waals surface area contributed by atoms with E-state index in [1.165, 1.54) is 12.1 Å². The number of ether oxygens (including phenoxy) is 1. The first-order chi connectivity index (χ1) is 13.8. The Bertz CT molecular complexity index is 855. The Kier molecular flexibility index (Phi) is 9.89. The van der Waals surface area contributed by atoms with Gasteiger partial charge in [-0.2, -0.15) is 4.31 Å². The molecule has 1 amide bonds. The molecule has 2 N–H and O–H groups in total. The van der Waals surface area contributed by atoms with E-state index in [0.29, 0.717) is 22.2 Å². The van der Waals surface area contributed by atoms with Crippen LogP contribution in [0.3, 0.4) is 0 Å². The average molecular weight is 467 g/mol. The van der Waals surface area contributed by atoms with Crippen molar-refractivity contribution < 1.29 is 31.6 Å². The van der Waals surface area contributed by atoms with Gasteiger partial charge in [-0.05, 0) is 44.3 Å². The van der Waals surface area contributed by atoms with E-state index in [-0.39, 0.29) is 13.2 Å². The number of rotatable bonds is 10. The zero-order valence-corrected chi connectivity index (χ0v) is 19.6. The highest BCUT2D eigenvalue weighted by Crippen LogP contribution is 2.31. The van der Waals surface area contributed by atoms with Gasteiger partial charge in [0.05, 0.1) is 18.6 Å². The van der Waals surface area contributed by atoms with Gasteiger partial charge in [-0.1, -0.05) is 23.8 Å². The maximum absolute atomic E-state index is 14.6. The third kappa shape index (κ3) is 8.31. The van der Waals surface area contributed by atoms with Gasteiger partial charge < -0.3 is 19.3 Å². The Morgan fingerprint density at radius 1 is 1.40 bits per heavy atom. The fraction of sp³-hybridized carbons (Fsp3) is 0.579. The van der Waals surface area contributed by atoms with Crippen molar-refractivity contribution in [1.29, 1.82) is 0 Å². The van der Waals surface area contributed by atoms with Gasteiger partial charge in [-0.15, -0.1) is 0 Å². The monoisotopic (exact) mass is 466 g/mol. The van der Waals surface area contributed by atoms with Crippen molar-refractivity contribution in [2.24, 2.45) is 0 Å². The molecule has 0 aromatic heterocycles. The van der Waals surface area contributed by atoms with Gasteiger partial charge in [-0.25, -0.2) is 17.6 Å². The number of amides is 1. The van der Waals surface area contributed by atoms with Gasteiger partial charge in [0.15, 0.2) is 0 Å². The van der Waals surface area contributed by atoms with Gasteiger partial charge in [0.1, 0.15) is 17.5 Å². The summed E-state index contributed by atoms with van der Waals surface area (Å²) in [6.45, 7) is 7.15. The van der Waals surface area contributed by atoms with Crippen LogP contribution in [0.2, 0.25) is 0 Å². The van der Waals surface area contributed by atoms with Gasteiger partial charge in [0.2, 0.25) is 10.0 Å². The van der Waals surface area contributed by atoms with E-state index >= 15 is 0 Å². The number of halogens is 1. The minimum Gasteiger partial charge on any atom is -0.443 e. The van der Waals surface area contributed by atoms with Crippen LogP contribution in [0.15, 0.2) is 18.2 Å². The molecular weight excluding hydrogens is 435 g/mol. The molecule has 1 aromatic carbocycles. The van der Waals surface area contributed by atoms with Crippen molar-refractivity contribution in [3.63, 3.8) is 0 Å². The molecule has 0 saturated carbocycles. The number of carbonyl (C=O) groups excluding carboxylic acids is 1. The molecule has 30 heavy (non-hydrogen) atoms. The lowest BCUT2D eigenvalue weighted by molar-refractivity contribution is 0.0608. The lowest BCUT2D eigenvalue weighted by Gasteiger charge is -2.27. The molecule has 0 heterocycles. The molecule has 1 aromatic rings. The normalized spacial score (nSPS) is 14.2. The zero-order valence-electron chi connectivity index (χ0n) is 18.0. The van der Waals surface area contributed by atoms with Crippen molar-refractivity contribution in [3.05, 3.63) is 29.6 Å². The van der Waals surface area contributed by atoms with Gasteiger partial charge >= 0.3 is 6.09 Å². The predicted molar refractivity (Wildman–Crippen MR) is 119 cm³/mol. The fourth-order valence-electron chi connectivity index (χ4n) is 2.35. The summed E-state index contributed by atoms with van der Waals surface area (Å²) < 4.78 is 50.6. The highest BCUT2D eigenvalue weighted by atomic mass is 32.2. The van der Waals surface area contributed by atoms with Crippen LogP contribution < -0.4 is 9.62 Å². The van der Waals surface area contributed by atoms with Gasteiger partial charge in [0.25, 0.3) is 0 Å². The van der Waals surface area contributed by atoms with Crippen LogP contribution in [0.1, 0.15) is 39.4 Å². The number of aliphatic hydroxyl groups is 1. The molecule has 2 unspecified atom stereocenters. The molecule has 0 fully saturated rings. The SMILES string of the molecule is C=S(CC)OC(CNCCO)c1ccc(F)c(N(C(=O)OC(C)(C)C)S(C)(=O)=O)c1. The summed E-state index contributed by atoms with van der Waals surface area (Å²) in [5, 5.41) is 12.0. The Morgan fingerprint density at radius 3 is 2.53 bits per heavy atom. The molecular formula is C19H31FN2O6S2. The Hall–Kier alpha value is -1.53. The van der Waals surface area contributed by atoms with E-state index in [2.05, 4.69) is 11.2 Å². The van der Waals surface area contributed by atoms with Crippen molar-refractivity contribution >= 4 is 38.4 Å². The van der Waals surface area contributed by atoms with Crippen molar-refractivity contribution in [2.75, 3.05) is 36.0 Å². The van der Waals surface area contributed by atoms with Crippen LogP contribution >= 0.6 is 10.8 Å². The van der Waals surface area contributed by atoms with E-state index in [1.54, 1.807) is 20.8 Å². The first-order valence-corrected chi connectivity index (χ1v) is 12.7. The molecule has 0 saturated heterocycles. The second-order valence-corrected chi connectivity index (χ2v) is 10.9. The maximum Gasteiger partial charge on any atom is 0.428 e. The Morgan fingerprint density at radius 2 is 2.03 bits per heavy atom. The zero-order chi connectivity index (χ0) is 23.1. The van der Waals surface area contributed by atoms with Crippen molar-refractivity contribution in [2.45, 2.75) is 39.4 Å². The van der Waals surface area contributed by atoms with Gasteiger partial charge in [-0.3, -0.25) is 0 Å². The third-order valence-electron chi connectivity index (χ3n) is 3.64. The lowest BCUT2D eigenvalue weighted by Crippen LogP contribution is -2.41. The number of nitrogens with one attached hydrogen (secondary N) is 1. The minimum absolute atomic E-state index is 0.0776. The van der Waals surface area contributed by atoms with E-state index in [0.717, 1.165) is 12.3 Å². The van der Waals surface area contributed by atoms with Crippen LogP contribution in [0.25, 0.3) is 0 Å². The molecule has 0 aliphatic heterocycles. The number of nitrogens with zero attached hydrogens (tertiary/aromatic N) is 1. The van der Waals surface area contributed by atoms with E-state index in [4.69, 9.17) is 14.0 Å². The summed E-state index contributed by atoms with van der Waals surface area (Å²) in [6.07, 6.45) is -1.01. The molecule has 172 valence electrons. The summed E-state index contributed by atoms with van der Waals surface area (Å²) in [5.41, 5.74) is -0.985. The van der Waals surface area contributed by atoms with Crippen LogP contribution in [0, 0.1) is 5.82 Å². The number of hydrogen-bond acceptors (Lipinski definition) is 7. The molecule has 0 bridgehead atoms. The van der Waals surface area contributed by atoms with Crippen molar-refractivity contribution in [3.8, 4) is 0 Å². The first kappa shape index (κ1) is 26.5. The highest BCUT2D eigenvalue weighted by Gasteiger charge is 2.33. The van der Waals surface area contributed by atoms with Crippen LogP contribution in [-0.4, -0.2) is 62.8 Å². The minimum atomic E-state index is -4.18. The average Bonchev–Trinajstić information content (AvgIpc) is 2.60. The Labute approximate surface area is 180 Å². The van der Waals surface area contributed by atoms with Crippen molar-refractivity contribution in [1.82, 2.24) is 5.32 Å². The number of benzene rings is 1. The molecule has 0 aliphatic carbocycles. The molecule has 8 nitrogen and oxygen atoms in total. The van der Waals surface area contributed by atoms with Gasteiger partial charge in [0, 0.05) is 18.8 Å². The largest absolute Gasteiger partial charge is 0.443 e. The molecule has 0 aliphatic rings. The second-order valence-electron chi connectivity index (χ2n) is 7.46. The lowest BCUT2D eigenvalue weighted by atomic mass is 10.1. The van der Waals surface area contributed by atoms with E-state index < -0.39 is 50.1 Å². The Balaban J connectivity index is 3.42. The summed E-state index contributed by atoms with van der Waals surface area (Å²) in [6, 6.07) is 3.77. The number of sulfonamides is 1. The van der Waals surface area contributed by atoms with E-state index in [9.17, 15) is 17.6 Å². The van der Waals surface area contributed by atoms with Crippen LogP contribution in [0.5, 0.6) is 0 Å². The molecule has 0 radical (unpaired) electrons. The standard InChI is InChI=1S/C19H31FN2O6S2/c1-7-29(5)28-17(13-21-10-11-23)14-8-9-15(20)16(12-14)22(30(6,25)26)18(24)27-19(2,3)4/h8-9,12,17,21,23H,5,7,10-11,13H2,1-4,6H3. The fourth-order valence-corrected chi connectivity index (χ4v) is 3.80. The number of carbonyl (C=O) groups is 1. The predicted octanol–water partition coefficient (Wildman–Crippen LogP) is 2.80. The van der Waals surface area contributed by atoms with E-state index in [1.807, 2.05) is 6.92 Å². The first-order valence-electron chi connectivity index (χ1n) is 9.32. The summed E-state index contributed by atoms with van der Waals surface area (Å²) >= 11 is 0. The smallest absolute Gasteiger partial charge is 0.428 e. The second kappa shape index (κ2) is 11.2. The quantitative estimate of drug-likeness (QED) is 0.403. The summed E-state index contributed by atoms with van der Waals surface area (Å²) in [5.74, 6) is 3.66. The molecule has 11 heteroatoms. The third-order valence-corrected chi connectivity index (χ3v) is 5.80. The van der Waals surface area contributed by atoms with Crippen LogP contribution in [0.4, 0.5) is 14.9 Å². The molecule has 1 rings (SSSR count). The molecule has 2 atom stereocenters. The summed E-state index contributed by atoms with van der Waals surface area (Å²) in [7, 11) is -4.83. The maximum atomic E-state index is 14.6. The van der Waals surface area contributed by atoms with Crippen LogP contribution in [-0.2, 0) is 18.9 Å². The summed E-state index contributed by atoms with van der Waals surface area (Å²) in [4.78, 5) is 12.6.